The maximum atomic E-state index is 13.7. The third-order valence-electron chi connectivity index (χ3n) is 5.92. The topological polar surface area (TPSA) is 26.0 Å². The highest BCUT2D eigenvalue weighted by atomic mass is 19.1. The fourth-order valence-electron chi connectivity index (χ4n) is 4.40. The SMILES string of the molecule is Cc1ccc(C2CCC(C3CCC(N)CC3)CC2)cc1F. The molecule has 0 bridgehead atoms. The van der Waals surface area contributed by atoms with E-state index >= 15 is 0 Å². The summed E-state index contributed by atoms with van der Waals surface area (Å²) < 4.78 is 13.7. The summed E-state index contributed by atoms with van der Waals surface area (Å²) in [4.78, 5) is 0. The smallest absolute Gasteiger partial charge is 0.126 e. The first-order chi connectivity index (χ1) is 10.1. The summed E-state index contributed by atoms with van der Waals surface area (Å²) in [5, 5.41) is 0. The Morgan fingerprint density at radius 3 is 2.05 bits per heavy atom. The molecular formula is C19H28FN. The van der Waals surface area contributed by atoms with Crippen LogP contribution in [0.4, 0.5) is 4.39 Å². The summed E-state index contributed by atoms with van der Waals surface area (Å²) >= 11 is 0. The Morgan fingerprint density at radius 2 is 1.48 bits per heavy atom. The van der Waals surface area contributed by atoms with Gasteiger partial charge >= 0.3 is 0 Å². The van der Waals surface area contributed by atoms with Crippen molar-refractivity contribution in [3.05, 3.63) is 35.1 Å². The first kappa shape index (κ1) is 15.0. The molecule has 0 unspecified atom stereocenters. The summed E-state index contributed by atoms with van der Waals surface area (Å²) in [5.74, 6) is 2.32. The van der Waals surface area contributed by atoms with Crippen molar-refractivity contribution in [2.24, 2.45) is 17.6 Å². The van der Waals surface area contributed by atoms with Gasteiger partial charge in [-0.1, -0.05) is 12.1 Å². The van der Waals surface area contributed by atoms with Crippen LogP contribution in [0.3, 0.4) is 0 Å². The highest BCUT2D eigenvalue weighted by Gasteiger charge is 2.30. The van der Waals surface area contributed by atoms with Crippen LogP contribution in [0, 0.1) is 24.6 Å². The molecule has 0 saturated heterocycles. The summed E-state index contributed by atoms with van der Waals surface area (Å²) in [5.41, 5.74) is 7.98. The zero-order valence-corrected chi connectivity index (χ0v) is 13.2. The lowest BCUT2D eigenvalue weighted by Crippen LogP contribution is -2.31. The molecule has 2 heteroatoms. The molecule has 2 aliphatic carbocycles. The molecule has 116 valence electrons. The molecule has 2 N–H and O–H groups in total. The van der Waals surface area contributed by atoms with Crippen LogP contribution >= 0.6 is 0 Å². The van der Waals surface area contributed by atoms with Crippen LogP contribution in [0.2, 0.25) is 0 Å². The molecule has 0 aromatic heterocycles. The predicted molar refractivity (Wildman–Crippen MR) is 85.8 cm³/mol. The average Bonchev–Trinajstić information content (AvgIpc) is 2.51. The van der Waals surface area contributed by atoms with Crippen LogP contribution in [-0.4, -0.2) is 6.04 Å². The first-order valence-electron chi connectivity index (χ1n) is 8.65. The Kier molecular flexibility index (Phi) is 4.63. The van der Waals surface area contributed by atoms with Gasteiger partial charge < -0.3 is 5.73 Å². The summed E-state index contributed by atoms with van der Waals surface area (Å²) in [6, 6.07) is 6.27. The van der Waals surface area contributed by atoms with Crippen molar-refractivity contribution in [3.8, 4) is 0 Å². The summed E-state index contributed by atoms with van der Waals surface area (Å²) in [6.45, 7) is 1.84. The van der Waals surface area contributed by atoms with Gasteiger partial charge in [-0.2, -0.15) is 0 Å². The van der Waals surface area contributed by atoms with Gasteiger partial charge in [-0.15, -0.1) is 0 Å². The lowest BCUT2D eigenvalue weighted by molar-refractivity contribution is 0.177. The minimum atomic E-state index is -0.0455. The van der Waals surface area contributed by atoms with E-state index in [1.165, 1.54) is 56.9 Å². The van der Waals surface area contributed by atoms with Gasteiger partial charge in [0.1, 0.15) is 5.82 Å². The molecule has 1 nitrogen and oxygen atoms in total. The van der Waals surface area contributed by atoms with Crippen LogP contribution in [0.15, 0.2) is 18.2 Å². The molecule has 1 aromatic carbocycles. The third kappa shape index (κ3) is 3.48. The van der Waals surface area contributed by atoms with Gasteiger partial charge in [0.15, 0.2) is 0 Å². The Hall–Kier alpha value is -0.890. The quantitative estimate of drug-likeness (QED) is 0.821. The van der Waals surface area contributed by atoms with Crippen molar-refractivity contribution >= 4 is 0 Å². The first-order valence-corrected chi connectivity index (χ1v) is 8.65. The van der Waals surface area contributed by atoms with Crippen molar-refractivity contribution < 1.29 is 4.39 Å². The van der Waals surface area contributed by atoms with Crippen LogP contribution in [0.25, 0.3) is 0 Å². The van der Waals surface area contributed by atoms with Gasteiger partial charge in [0, 0.05) is 6.04 Å². The van der Waals surface area contributed by atoms with E-state index in [4.69, 9.17) is 5.73 Å². The highest BCUT2D eigenvalue weighted by molar-refractivity contribution is 5.26. The maximum Gasteiger partial charge on any atom is 0.126 e. The normalized spacial score (nSPS) is 33.9. The van der Waals surface area contributed by atoms with Crippen molar-refractivity contribution in [2.75, 3.05) is 0 Å². The molecule has 2 fully saturated rings. The van der Waals surface area contributed by atoms with E-state index in [1.54, 1.807) is 6.07 Å². The van der Waals surface area contributed by atoms with E-state index in [-0.39, 0.29) is 5.82 Å². The molecule has 2 saturated carbocycles. The van der Waals surface area contributed by atoms with E-state index in [2.05, 4.69) is 6.07 Å². The number of rotatable bonds is 2. The standard InChI is InChI=1S/C19H28FN/c1-13-2-3-17(12-19(13)20)16-6-4-14(5-7-16)15-8-10-18(21)11-9-15/h2-3,12,14-16,18H,4-11,21H2,1H3. The number of aryl methyl sites for hydroxylation is 1. The van der Waals surface area contributed by atoms with E-state index in [0.717, 1.165) is 17.4 Å². The number of halogens is 1. The van der Waals surface area contributed by atoms with Crippen LogP contribution in [0.1, 0.15) is 68.4 Å². The average molecular weight is 289 g/mol. The van der Waals surface area contributed by atoms with Gasteiger partial charge in [-0.25, -0.2) is 4.39 Å². The summed E-state index contributed by atoms with van der Waals surface area (Å²) in [7, 11) is 0. The van der Waals surface area contributed by atoms with E-state index in [0.29, 0.717) is 12.0 Å². The second kappa shape index (κ2) is 6.48. The van der Waals surface area contributed by atoms with Crippen molar-refractivity contribution in [3.63, 3.8) is 0 Å². The molecule has 0 radical (unpaired) electrons. The van der Waals surface area contributed by atoms with Gasteiger partial charge in [0.05, 0.1) is 0 Å². The fraction of sp³-hybridized carbons (Fsp3) is 0.684. The number of hydrogen-bond acceptors (Lipinski definition) is 1. The fourth-order valence-corrected chi connectivity index (χ4v) is 4.40. The molecule has 0 amide bonds. The van der Waals surface area contributed by atoms with Gasteiger partial charge in [-0.3, -0.25) is 0 Å². The number of nitrogens with two attached hydrogens (primary N) is 1. The Balaban J connectivity index is 1.56. The molecule has 1 aromatic rings. The zero-order chi connectivity index (χ0) is 14.8. The molecule has 21 heavy (non-hydrogen) atoms. The lowest BCUT2D eigenvalue weighted by atomic mass is 9.69. The minimum absolute atomic E-state index is 0.0455. The summed E-state index contributed by atoms with van der Waals surface area (Å²) in [6.07, 6.45) is 10.2. The molecule has 0 aliphatic heterocycles. The number of hydrogen-bond donors (Lipinski definition) is 1. The van der Waals surface area contributed by atoms with Crippen LogP contribution < -0.4 is 5.73 Å². The van der Waals surface area contributed by atoms with Gasteiger partial charge in [-0.05, 0) is 93.2 Å². The molecule has 0 heterocycles. The molecule has 0 spiro atoms. The molecular weight excluding hydrogens is 261 g/mol. The Bertz CT molecular complexity index is 468. The van der Waals surface area contributed by atoms with Crippen molar-refractivity contribution in [1.82, 2.24) is 0 Å². The van der Waals surface area contributed by atoms with E-state index < -0.39 is 0 Å². The molecule has 2 aliphatic rings. The van der Waals surface area contributed by atoms with Crippen LogP contribution in [-0.2, 0) is 0 Å². The monoisotopic (exact) mass is 289 g/mol. The maximum absolute atomic E-state index is 13.7. The Morgan fingerprint density at radius 1 is 0.905 bits per heavy atom. The highest BCUT2D eigenvalue weighted by Crippen LogP contribution is 2.42. The van der Waals surface area contributed by atoms with Crippen molar-refractivity contribution in [1.29, 1.82) is 0 Å². The van der Waals surface area contributed by atoms with Gasteiger partial charge in [0.25, 0.3) is 0 Å². The second-order valence-corrected chi connectivity index (χ2v) is 7.30. The third-order valence-corrected chi connectivity index (χ3v) is 5.92. The second-order valence-electron chi connectivity index (χ2n) is 7.30. The molecule has 3 rings (SSSR count). The van der Waals surface area contributed by atoms with Gasteiger partial charge in [0.2, 0.25) is 0 Å². The Labute approximate surface area is 128 Å². The lowest BCUT2D eigenvalue weighted by Gasteiger charge is -2.37. The largest absolute Gasteiger partial charge is 0.328 e. The van der Waals surface area contributed by atoms with E-state index in [9.17, 15) is 4.39 Å². The zero-order valence-electron chi connectivity index (χ0n) is 13.2. The number of benzene rings is 1. The minimum Gasteiger partial charge on any atom is -0.328 e. The predicted octanol–water partition coefficient (Wildman–Crippen LogP) is 4.93. The molecule has 0 atom stereocenters. The van der Waals surface area contributed by atoms with E-state index in [1.807, 2.05) is 13.0 Å². The van der Waals surface area contributed by atoms with Crippen LogP contribution in [0.5, 0.6) is 0 Å². The van der Waals surface area contributed by atoms with Crippen molar-refractivity contribution in [2.45, 2.75) is 70.3 Å².